The molecule has 14 heteroatoms. The predicted molar refractivity (Wildman–Crippen MR) is 136 cm³/mol. The SMILES string of the molecule is COc1cccc(OC)c1-n1c(NS(=O)(=O)[C@@H](C)[C@H](OC)c2ncc(Cl)cn2)nnc1[C@@H]1CCCCO1. The quantitative estimate of drug-likeness (QED) is 0.397. The Bertz CT molecular complexity index is 1290. The molecule has 1 saturated heterocycles. The van der Waals surface area contributed by atoms with Crippen LogP contribution in [0.3, 0.4) is 0 Å². The second-order valence-corrected chi connectivity index (χ2v) is 10.8. The van der Waals surface area contributed by atoms with Gasteiger partial charge in [0.05, 0.1) is 19.2 Å². The van der Waals surface area contributed by atoms with Crippen LogP contribution in [0.25, 0.3) is 5.69 Å². The van der Waals surface area contributed by atoms with E-state index in [0.717, 1.165) is 12.8 Å². The molecular formula is C23H29ClN6O6S. The number of rotatable bonds is 10. The molecule has 4 rings (SSSR count). The highest BCUT2D eigenvalue weighted by molar-refractivity contribution is 7.93. The van der Waals surface area contributed by atoms with Crippen LogP contribution >= 0.6 is 11.6 Å². The average Bonchev–Trinajstić information content (AvgIpc) is 3.32. The van der Waals surface area contributed by atoms with Crippen LogP contribution < -0.4 is 14.2 Å². The third-order valence-corrected chi connectivity index (χ3v) is 7.97. The molecule has 200 valence electrons. The van der Waals surface area contributed by atoms with Crippen LogP contribution in [0.1, 0.15) is 50.0 Å². The largest absolute Gasteiger partial charge is 0.494 e. The Kier molecular flexibility index (Phi) is 8.47. The monoisotopic (exact) mass is 552 g/mol. The molecule has 1 fully saturated rings. The second kappa shape index (κ2) is 11.6. The van der Waals surface area contributed by atoms with Crippen LogP contribution in [0.5, 0.6) is 11.5 Å². The number of hydrogen-bond donors (Lipinski definition) is 1. The van der Waals surface area contributed by atoms with Crippen molar-refractivity contribution in [3.05, 3.63) is 47.3 Å². The number of halogens is 1. The fraction of sp³-hybridized carbons (Fsp3) is 0.478. The van der Waals surface area contributed by atoms with Gasteiger partial charge in [-0.2, -0.15) is 0 Å². The first-order chi connectivity index (χ1) is 17.8. The summed E-state index contributed by atoms with van der Waals surface area (Å²) in [4.78, 5) is 8.25. The number of nitrogens with zero attached hydrogens (tertiary/aromatic N) is 5. The lowest BCUT2D eigenvalue weighted by Gasteiger charge is -2.25. The molecule has 1 aromatic carbocycles. The van der Waals surface area contributed by atoms with Crippen LogP contribution in [0, 0.1) is 0 Å². The van der Waals surface area contributed by atoms with E-state index in [-0.39, 0.29) is 17.9 Å². The normalized spacial score (nSPS) is 17.7. The van der Waals surface area contributed by atoms with Crippen molar-refractivity contribution in [3.8, 4) is 17.2 Å². The van der Waals surface area contributed by atoms with Crippen LogP contribution in [0.2, 0.25) is 5.02 Å². The van der Waals surface area contributed by atoms with Crippen molar-refractivity contribution in [1.29, 1.82) is 0 Å². The molecule has 1 N–H and O–H groups in total. The highest BCUT2D eigenvalue weighted by atomic mass is 35.5. The van der Waals surface area contributed by atoms with Gasteiger partial charge in [-0.1, -0.05) is 17.7 Å². The Hall–Kier alpha value is -3.00. The lowest BCUT2D eigenvalue weighted by atomic mass is 10.1. The van der Waals surface area contributed by atoms with E-state index >= 15 is 0 Å². The molecule has 3 heterocycles. The lowest BCUT2D eigenvalue weighted by molar-refractivity contribution is 0.00839. The molecule has 1 aliphatic rings. The first kappa shape index (κ1) is 27.0. The molecule has 3 atom stereocenters. The number of hydrogen-bond acceptors (Lipinski definition) is 10. The van der Waals surface area contributed by atoms with Gasteiger partial charge in [-0.15, -0.1) is 10.2 Å². The molecule has 3 aromatic rings. The summed E-state index contributed by atoms with van der Waals surface area (Å²) < 4.78 is 53.9. The summed E-state index contributed by atoms with van der Waals surface area (Å²) in [6.45, 7) is 2.05. The van der Waals surface area contributed by atoms with Crippen molar-refractivity contribution >= 4 is 27.6 Å². The maximum atomic E-state index is 13.6. The molecule has 0 amide bonds. The van der Waals surface area contributed by atoms with Crippen molar-refractivity contribution in [3.63, 3.8) is 0 Å². The number of sulfonamides is 1. The van der Waals surface area contributed by atoms with Crippen molar-refractivity contribution in [1.82, 2.24) is 24.7 Å². The summed E-state index contributed by atoms with van der Waals surface area (Å²) in [5.74, 6) is 1.43. The number of para-hydroxylation sites is 1. The van der Waals surface area contributed by atoms with Gasteiger partial charge in [-0.05, 0) is 38.3 Å². The van der Waals surface area contributed by atoms with Gasteiger partial charge in [0.15, 0.2) is 11.6 Å². The van der Waals surface area contributed by atoms with E-state index in [1.165, 1.54) is 40.6 Å². The molecule has 0 bridgehead atoms. The van der Waals surface area contributed by atoms with Gasteiger partial charge < -0.3 is 18.9 Å². The molecule has 0 aliphatic carbocycles. The summed E-state index contributed by atoms with van der Waals surface area (Å²) in [7, 11) is 0.310. The Labute approximate surface area is 220 Å². The zero-order chi connectivity index (χ0) is 26.6. The first-order valence-electron chi connectivity index (χ1n) is 11.6. The van der Waals surface area contributed by atoms with Gasteiger partial charge in [0.25, 0.3) is 0 Å². The van der Waals surface area contributed by atoms with E-state index in [1.807, 2.05) is 0 Å². The smallest absolute Gasteiger partial charge is 0.243 e. The van der Waals surface area contributed by atoms with Crippen molar-refractivity contribution in [2.75, 3.05) is 32.7 Å². The van der Waals surface area contributed by atoms with Gasteiger partial charge in [0.1, 0.15) is 34.6 Å². The van der Waals surface area contributed by atoms with E-state index in [9.17, 15) is 8.42 Å². The Morgan fingerprint density at radius 2 is 1.78 bits per heavy atom. The molecular weight excluding hydrogens is 524 g/mol. The zero-order valence-corrected chi connectivity index (χ0v) is 22.5. The van der Waals surface area contributed by atoms with E-state index < -0.39 is 21.4 Å². The third-order valence-electron chi connectivity index (χ3n) is 6.08. The Morgan fingerprint density at radius 3 is 2.35 bits per heavy atom. The summed E-state index contributed by atoms with van der Waals surface area (Å²) in [6.07, 6.45) is 3.97. The number of benzene rings is 1. The Morgan fingerprint density at radius 1 is 1.11 bits per heavy atom. The van der Waals surface area contributed by atoms with Crippen LogP contribution in [-0.4, -0.2) is 66.3 Å². The first-order valence-corrected chi connectivity index (χ1v) is 13.5. The summed E-state index contributed by atoms with van der Waals surface area (Å²) in [5, 5.41) is 7.73. The zero-order valence-electron chi connectivity index (χ0n) is 20.9. The second-order valence-electron chi connectivity index (χ2n) is 8.35. The van der Waals surface area contributed by atoms with Gasteiger partial charge in [-0.3, -0.25) is 9.29 Å². The molecule has 2 aromatic heterocycles. The minimum Gasteiger partial charge on any atom is -0.494 e. The fourth-order valence-electron chi connectivity index (χ4n) is 4.15. The van der Waals surface area contributed by atoms with E-state index in [4.69, 9.17) is 30.5 Å². The minimum atomic E-state index is -4.10. The van der Waals surface area contributed by atoms with Crippen LogP contribution in [0.15, 0.2) is 30.6 Å². The standard InChI is InChI=1S/C23H29ClN6O6S/c1-14(20(35-4)21-25-12-15(24)13-26-21)37(31,32)29-23-28-27-22(18-8-5-6-11-36-18)30(23)19-16(33-2)9-7-10-17(19)34-3/h7,9-10,12-14,18,20H,5-6,8,11H2,1-4H3,(H,28,29)/t14-,18-,20-/m0/s1. The molecule has 0 radical (unpaired) electrons. The number of ether oxygens (including phenoxy) is 4. The van der Waals surface area contributed by atoms with Crippen molar-refractivity contribution in [2.24, 2.45) is 0 Å². The van der Waals surface area contributed by atoms with Gasteiger partial charge in [-0.25, -0.2) is 18.4 Å². The average molecular weight is 553 g/mol. The molecule has 37 heavy (non-hydrogen) atoms. The molecule has 0 unspecified atom stereocenters. The van der Waals surface area contributed by atoms with E-state index in [0.29, 0.717) is 41.1 Å². The Balaban J connectivity index is 1.78. The predicted octanol–water partition coefficient (Wildman–Crippen LogP) is 3.49. The third kappa shape index (κ3) is 5.64. The fourth-order valence-corrected chi connectivity index (χ4v) is 5.38. The minimum absolute atomic E-state index is 0.0503. The molecule has 0 spiro atoms. The van der Waals surface area contributed by atoms with Gasteiger partial charge in [0, 0.05) is 26.1 Å². The van der Waals surface area contributed by atoms with Crippen molar-refractivity contribution in [2.45, 2.75) is 43.6 Å². The maximum absolute atomic E-state index is 13.6. The number of aromatic nitrogens is 5. The van der Waals surface area contributed by atoms with Crippen molar-refractivity contribution < 1.29 is 27.4 Å². The van der Waals surface area contributed by atoms with E-state index in [2.05, 4.69) is 24.9 Å². The van der Waals surface area contributed by atoms with Gasteiger partial charge in [0.2, 0.25) is 16.0 Å². The number of nitrogens with one attached hydrogen (secondary N) is 1. The summed E-state index contributed by atoms with van der Waals surface area (Å²) in [5.41, 5.74) is 0.441. The maximum Gasteiger partial charge on any atom is 0.243 e. The highest BCUT2D eigenvalue weighted by Gasteiger charge is 2.36. The summed E-state index contributed by atoms with van der Waals surface area (Å²) >= 11 is 5.88. The van der Waals surface area contributed by atoms with Crippen LogP contribution in [0.4, 0.5) is 5.95 Å². The van der Waals surface area contributed by atoms with Crippen LogP contribution in [-0.2, 0) is 19.5 Å². The lowest BCUT2D eigenvalue weighted by Crippen LogP contribution is -2.33. The molecule has 0 saturated carbocycles. The number of methoxy groups -OCH3 is 3. The van der Waals surface area contributed by atoms with Gasteiger partial charge >= 0.3 is 0 Å². The molecule has 1 aliphatic heterocycles. The highest BCUT2D eigenvalue weighted by Crippen LogP contribution is 2.39. The van der Waals surface area contributed by atoms with E-state index in [1.54, 1.807) is 22.8 Å². The molecule has 12 nitrogen and oxygen atoms in total. The number of anilines is 1. The topological polar surface area (TPSA) is 140 Å². The summed E-state index contributed by atoms with van der Waals surface area (Å²) in [6, 6.07) is 5.25.